The second-order valence-corrected chi connectivity index (χ2v) is 2.87. The fourth-order valence-electron chi connectivity index (χ4n) is 1.36. The zero-order chi connectivity index (χ0) is 9.97. The van der Waals surface area contributed by atoms with Gasteiger partial charge in [-0.25, -0.2) is 0 Å². The van der Waals surface area contributed by atoms with Gasteiger partial charge in [-0.15, -0.1) is 9.81 Å². The number of rotatable bonds is 2. The van der Waals surface area contributed by atoms with Crippen LogP contribution < -0.4 is 0 Å². The Balaban J connectivity index is 2.81. The Hall–Kier alpha value is -2.10. The molecular formula is C10H6N2O2. The third-order valence-electron chi connectivity index (χ3n) is 2.04. The van der Waals surface area contributed by atoms with E-state index in [-0.39, 0.29) is 11.4 Å². The van der Waals surface area contributed by atoms with Crippen LogP contribution in [0, 0.1) is 9.81 Å². The van der Waals surface area contributed by atoms with Crippen LogP contribution in [0.4, 0.5) is 11.4 Å². The van der Waals surface area contributed by atoms with E-state index in [0.29, 0.717) is 0 Å². The molecule has 0 saturated carbocycles. The summed E-state index contributed by atoms with van der Waals surface area (Å²) < 4.78 is 0. The van der Waals surface area contributed by atoms with Gasteiger partial charge in [0, 0.05) is 0 Å². The first kappa shape index (κ1) is 8.50. The minimum atomic E-state index is 0.0821. The summed E-state index contributed by atoms with van der Waals surface area (Å²) in [6.45, 7) is 0. The van der Waals surface area contributed by atoms with Crippen molar-refractivity contribution in [3.8, 4) is 0 Å². The number of benzene rings is 2. The van der Waals surface area contributed by atoms with Crippen molar-refractivity contribution in [2.24, 2.45) is 10.4 Å². The van der Waals surface area contributed by atoms with Crippen LogP contribution in [0.5, 0.6) is 0 Å². The quantitative estimate of drug-likeness (QED) is 0.672. The van der Waals surface area contributed by atoms with Gasteiger partial charge in [-0.1, -0.05) is 24.3 Å². The molecule has 0 aliphatic heterocycles. The molecule has 4 heteroatoms. The van der Waals surface area contributed by atoms with Gasteiger partial charge in [0.25, 0.3) is 0 Å². The van der Waals surface area contributed by atoms with Gasteiger partial charge in [-0.3, -0.25) is 0 Å². The maximum absolute atomic E-state index is 10.4. The van der Waals surface area contributed by atoms with E-state index in [1.165, 1.54) is 0 Å². The molecule has 0 saturated heterocycles. The van der Waals surface area contributed by atoms with E-state index >= 15 is 0 Å². The lowest BCUT2D eigenvalue weighted by Gasteiger charge is -1.98. The molecule has 0 aromatic heterocycles. The fraction of sp³-hybridized carbons (Fsp3) is 0. The highest BCUT2D eigenvalue weighted by Gasteiger charge is 2.04. The molecule has 0 heterocycles. The van der Waals surface area contributed by atoms with Crippen LogP contribution in [0.1, 0.15) is 0 Å². The highest BCUT2D eigenvalue weighted by molar-refractivity contribution is 5.90. The molecule has 2 aromatic carbocycles. The number of fused-ring (bicyclic) bond motifs is 1. The minimum absolute atomic E-state index is 0.0821. The van der Waals surface area contributed by atoms with Crippen molar-refractivity contribution >= 4 is 22.1 Å². The van der Waals surface area contributed by atoms with Crippen molar-refractivity contribution in [3.05, 3.63) is 46.2 Å². The molecule has 0 atom stereocenters. The topological polar surface area (TPSA) is 58.9 Å². The predicted molar refractivity (Wildman–Crippen MR) is 54.9 cm³/mol. The van der Waals surface area contributed by atoms with Gasteiger partial charge in [-0.05, 0) is 33.3 Å². The Bertz CT molecular complexity index is 462. The number of hydrogen-bond acceptors (Lipinski definition) is 4. The lowest BCUT2D eigenvalue weighted by molar-refractivity contribution is 1.44. The lowest BCUT2D eigenvalue weighted by Crippen LogP contribution is -1.72. The van der Waals surface area contributed by atoms with Gasteiger partial charge in [0.2, 0.25) is 0 Å². The maximum Gasteiger partial charge on any atom is 0.137 e. The summed E-state index contributed by atoms with van der Waals surface area (Å²) >= 11 is 0. The second-order valence-electron chi connectivity index (χ2n) is 2.87. The summed E-state index contributed by atoms with van der Waals surface area (Å²) in [4.78, 5) is 20.8. The lowest BCUT2D eigenvalue weighted by atomic mass is 10.1. The standard InChI is InChI=1S/C10H6N2O2/c13-11-9-5-7-3-1-2-4-8(7)6-10(9)12-14/h1-6H. The molecule has 0 spiro atoms. The molecule has 2 aromatic rings. The average molecular weight is 186 g/mol. The van der Waals surface area contributed by atoms with E-state index in [4.69, 9.17) is 0 Å². The summed E-state index contributed by atoms with van der Waals surface area (Å²) in [7, 11) is 0. The highest BCUT2D eigenvalue weighted by Crippen LogP contribution is 2.32. The second kappa shape index (κ2) is 3.33. The van der Waals surface area contributed by atoms with Gasteiger partial charge in [0.15, 0.2) is 0 Å². The third kappa shape index (κ3) is 1.26. The van der Waals surface area contributed by atoms with E-state index in [0.717, 1.165) is 10.8 Å². The fourth-order valence-corrected chi connectivity index (χ4v) is 1.36. The Morgan fingerprint density at radius 2 is 1.21 bits per heavy atom. The van der Waals surface area contributed by atoms with Crippen LogP contribution in [-0.4, -0.2) is 0 Å². The smallest absolute Gasteiger partial charge is 0.137 e. The molecule has 4 nitrogen and oxygen atoms in total. The molecule has 2 rings (SSSR count). The van der Waals surface area contributed by atoms with Crippen molar-refractivity contribution in [3.63, 3.8) is 0 Å². The van der Waals surface area contributed by atoms with Crippen LogP contribution in [0.2, 0.25) is 0 Å². The molecule has 0 fully saturated rings. The van der Waals surface area contributed by atoms with E-state index < -0.39 is 0 Å². The molecule has 68 valence electrons. The van der Waals surface area contributed by atoms with Crippen molar-refractivity contribution in [2.75, 3.05) is 0 Å². The summed E-state index contributed by atoms with van der Waals surface area (Å²) in [6.07, 6.45) is 0. The first-order chi connectivity index (χ1) is 6.85. The van der Waals surface area contributed by atoms with Crippen LogP contribution in [0.25, 0.3) is 10.8 Å². The molecule has 0 radical (unpaired) electrons. The molecule has 0 unspecified atom stereocenters. The number of hydrogen-bond donors (Lipinski definition) is 0. The van der Waals surface area contributed by atoms with Crippen LogP contribution in [0.15, 0.2) is 46.8 Å². The summed E-state index contributed by atoms with van der Waals surface area (Å²) in [5, 5.41) is 7.24. The minimum Gasteiger partial charge on any atom is -0.145 e. The van der Waals surface area contributed by atoms with Crippen LogP contribution >= 0.6 is 0 Å². The first-order valence-corrected chi connectivity index (χ1v) is 4.04. The monoisotopic (exact) mass is 186 g/mol. The van der Waals surface area contributed by atoms with E-state index in [1.54, 1.807) is 12.1 Å². The zero-order valence-electron chi connectivity index (χ0n) is 7.18. The third-order valence-corrected chi connectivity index (χ3v) is 2.04. The van der Waals surface area contributed by atoms with Crippen molar-refractivity contribution in [2.45, 2.75) is 0 Å². The molecular weight excluding hydrogens is 180 g/mol. The Morgan fingerprint density at radius 1 is 0.786 bits per heavy atom. The van der Waals surface area contributed by atoms with Gasteiger partial charge in [0.05, 0.1) is 0 Å². The van der Waals surface area contributed by atoms with Gasteiger partial charge in [0.1, 0.15) is 11.4 Å². The molecule has 0 bridgehead atoms. The van der Waals surface area contributed by atoms with Crippen LogP contribution in [0.3, 0.4) is 0 Å². The van der Waals surface area contributed by atoms with Crippen molar-refractivity contribution < 1.29 is 0 Å². The molecule has 0 amide bonds. The molecule has 14 heavy (non-hydrogen) atoms. The number of nitrogens with zero attached hydrogens (tertiary/aromatic N) is 2. The van der Waals surface area contributed by atoms with E-state index in [9.17, 15) is 9.81 Å². The SMILES string of the molecule is O=Nc1cc2ccccc2cc1N=O. The molecule has 0 aliphatic carbocycles. The zero-order valence-corrected chi connectivity index (χ0v) is 7.18. The average Bonchev–Trinajstić information content (AvgIpc) is 2.27. The first-order valence-electron chi connectivity index (χ1n) is 4.04. The Labute approximate surface area is 79.5 Å². The van der Waals surface area contributed by atoms with Gasteiger partial charge in [-0.2, -0.15) is 0 Å². The van der Waals surface area contributed by atoms with Crippen molar-refractivity contribution in [1.29, 1.82) is 0 Å². The van der Waals surface area contributed by atoms with Gasteiger partial charge < -0.3 is 0 Å². The normalized spacial score (nSPS) is 10.0. The maximum atomic E-state index is 10.4. The molecule has 0 N–H and O–H groups in total. The highest BCUT2D eigenvalue weighted by atomic mass is 16.3. The largest absolute Gasteiger partial charge is 0.145 e. The Morgan fingerprint density at radius 3 is 1.57 bits per heavy atom. The van der Waals surface area contributed by atoms with E-state index in [2.05, 4.69) is 10.4 Å². The summed E-state index contributed by atoms with van der Waals surface area (Å²) in [5.41, 5.74) is 0.164. The van der Waals surface area contributed by atoms with Crippen LogP contribution in [-0.2, 0) is 0 Å². The summed E-state index contributed by atoms with van der Waals surface area (Å²) in [6, 6.07) is 10.5. The Kier molecular flexibility index (Phi) is 2.02. The van der Waals surface area contributed by atoms with Crippen molar-refractivity contribution in [1.82, 2.24) is 0 Å². The predicted octanol–water partition coefficient (Wildman–Crippen LogP) is 3.64. The summed E-state index contributed by atoms with van der Waals surface area (Å²) in [5.74, 6) is 0. The van der Waals surface area contributed by atoms with E-state index in [1.807, 2.05) is 24.3 Å². The molecule has 0 aliphatic rings. The van der Waals surface area contributed by atoms with Gasteiger partial charge >= 0.3 is 0 Å². The number of nitroso groups, excluding NO2 is 2.